The molecule has 0 aromatic carbocycles. The summed E-state index contributed by atoms with van der Waals surface area (Å²) < 4.78 is 0.223. The van der Waals surface area contributed by atoms with Gasteiger partial charge in [-0.2, -0.15) is 4.65 Å². The molecule has 3 aliphatic rings. The van der Waals surface area contributed by atoms with Gasteiger partial charge in [-0.3, -0.25) is 4.90 Å². The van der Waals surface area contributed by atoms with E-state index in [9.17, 15) is 5.21 Å². The van der Waals surface area contributed by atoms with Gasteiger partial charge in [0.1, 0.15) is 6.54 Å². The van der Waals surface area contributed by atoms with Crippen LogP contribution < -0.4 is 0 Å². The van der Waals surface area contributed by atoms with Gasteiger partial charge in [-0.15, -0.1) is 0 Å². The molecule has 0 aromatic heterocycles. The normalized spacial score (nSPS) is 51.5. The fraction of sp³-hybridized carbons (Fsp3) is 1.00. The van der Waals surface area contributed by atoms with Crippen molar-refractivity contribution in [3.05, 3.63) is 0 Å². The third-order valence-electron chi connectivity index (χ3n) is 3.16. The van der Waals surface area contributed by atoms with Gasteiger partial charge < -0.3 is 0 Å². The van der Waals surface area contributed by atoms with Crippen molar-refractivity contribution in [1.29, 1.82) is 0 Å². The smallest absolute Gasteiger partial charge is 0.174 e. The Bertz CT molecular complexity index is 169. The molecule has 11 heavy (non-hydrogen) atoms. The highest BCUT2D eigenvalue weighted by Crippen LogP contribution is 2.33. The molecule has 0 spiro atoms. The summed E-state index contributed by atoms with van der Waals surface area (Å²) in [7, 11) is 4.04. The molecule has 3 saturated heterocycles. The van der Waals surface area contributed by atoms with E-state index >= 15 is 0 Å². The van der Waals surface area contributed by atoms with E-state index in [2.05, 4.69) is 11.9 Å². The Balaban J connectivity index is 2.20. The highest BCUT2D eigenvalue weighted by molar-refractivity contribution is 4.78. The van der Waals surface area contributed by atoms with Crippen LogP contribution in [0.25, 0.3) is 0 Å². The van der Waals surface area contributed by atoms with Crippen LogP contribution >= 0.6 is 0 Å². The number of hydrogen-bond donors (Lipinski definition) is 1. The summed E-state index contributed by atoms with van der Waals surface area (Å²) in [5.41, 5.74) is 0. The SMILES string of the molecule is CN1CC2CCC1[N+](C)(O)C2. The average Bonchev–Trinajstić information content (AvgIpc) is 1.83. The van der Waals surface area contributed by atoms with Gasteiger partial charge in [0, 0.05) is 18.9 Å². The maximum atomic E-state index is 9.93. The summed E-state index contributed by atoms with van der Waals surface area (Å²) in [6.07, 6.45) is 2.83. The van der Waals surface area contributed by atoms with Crippen LogP contribution in [-0.4, -0.2) is 48.1 Å². The van der Waals surface area contributed by atoms with Gasteiger partial charge in [0.25, 0.3) is 0 Å². The lowest BCUT2D eigenvalue weighted by Gasteiger charge is -2.50. The van der Waals surface area contributed by atoms with Crippen LogP contribution in [0.5, 0.6) is 0 Å². The Labute approximate surface area is 67.8 Å². The average molecular weight is 157 g/mol. The first-order valence-corrected chi connectivity index (χ1v) is 4.38. The van der Waals surface area contributed by atoms with Crippen molar-refractivity contribution in [3.8, 4) is 0 Å². The number of rotatable bonds is 0. The number of hydroxylamine groups is 3. The molecule has 3 unspecified atom stereocenters. The highest BCUT2D eigenvalue weighted by Gasteiger charge is 2.47. The Morgan fingerprint density at radius 1 is 1.45 bits per heavy atom. The largest absolute Gasteiger partial charge is 0.254 e. The van der Waals surface area contributed by atoms with E-state index in [1.165, 1.54) is 13.0 Å². The van der Waals surface area contributed by atoms with E-state index in [0.717, 1.165) is 18.9 Å². The van der Waals surface area contributed by atoms with Crippen LogP contribution in [0.1, 0.15) is 12.8 Å². The second-order valence-electron chi connectivity index (χ2n) is 4.26. The van der Waals surface area contributed by atoms with Crippen LogP contribution in [0.2, 0.25) is 0 Å². The van der Waals surface area contributed by atoms with Gasteiger partial charge in [0.2, 0.25) is 0 Å². The molecule has 0 radical (unpaired) electrons. The van der Waals surface area contributed by atoms with E-state index in [4.69, 9.17) is 0 Å². The molecule has 0 aliphatic carbocycles. The van der Waals surface area contributed by atoms with E-state index in [0.29, 0.717) is 6.17 Å². The minimum Gasteiger partial charge on any atom is -0.254 e. The van der Waals surface area contributed by atoms with Gasteiger partial charge in [-0.1, -0.05) is 0 Å². The Morgan fingerprint density at radius 2 is 2.18 bits per heavy atom. The standard InChI is InChI=1S/C8H17N2O/c1-9-5-7-3-4-8(9)10(2,11)6-7/h7-8,11H,3-6H2,1-2H3/q+1. The highest BCUT2D eigenvalue weighted by atomic mass is 16.5. The molecule has 3 heterocycles. The fourth-order valence-electron chi connectivity index (χ4n) is 2.72. The number of fused-ring (bicyclic) bond motifs is 3. The first-order chi connectivity index (χ1) is 5.09. The van der Waals surface area contributed by atoms with Crippen LogP contribution in [0.15, 0.2) is 0 Å². The van der Waals surface area contributed by atoms with Crippen molar-refractivity contribution in [3.63, 3.8) is 0 Å². The summed E-state index contributed by atoms with van der Waals surface area (Å²) in [6, 6.07) is 0. The summed E-state index contributed by atoms with van der Waals surface area (Å²) in [5.74, 6) is 0.722. The van der Waals surface area contributed by atoms with Crippen molar-refractivity contribution in [1.82, 2.24) is 4.90 Å². The second-order valence-corrected chi connectivity index (χ2v) is 4.26. The molecular weight excluding hydrogens is 140 g/mol. The third kappa shape index (κ3) is 1.08. The van der Waals surface area contributed by atoms with Crippen molar-refractivity contribution >= 4 is 0 Å². The van der Waals surface area contributed by atoms with Crippen LogP contribution in [-0.2, 0) is 0 Å². The Morgan fingerprint density at radius 3 is 2.55 bits per heavy atom. The Kier molecular flexibility index (Phi) is 1.50. The lowest BCUT2D eigenvalue weighted by Crippen LogP contribution is -2.67. The van der Waals surface area contributed by atoms with Crippen molar-refractivity contribution in [2.24, 2.45) is 5.92 Å². The third-order valence-corrected chi connectivity index (χ3v) is 3.16. The van der Waals surface area contributed by atoms with Crippen LogP contribution in [0.4, 0.5) is 0 Å². The molecule has 3 atom stereocenters. The molecule has 3 fully saturated rings. The predicted molar refractivity (Wildman–Crippen MR) is 42.0 cm³/mol. The molecule has 2 bridgehead atoms. The maximum Gasteiger partial charge on any atom is 0.174 e. The number of piperidine rings is 2. The molecule has 1 N–H and O–H groups in total. The van der Waals surface area contributed by atoms with Gasteiger partial charge >= 0.3 is 0 Å². The summed E-state index contributed by atoms with van der Waals surface area (Å²) in [5, 5.41) is 9.93. The van der Waals surface area contributed by atoms with Crippen LogP contribution in [0.3, 0.4) is 0 Å². The molecule has 3 aliphatic heterocycles. The lowest BCUT2D eigenvalue weighted by atomic mass is 9.90. The van der Waals surface area contributed by atoms with Gasteiger partial charge in [-0.25, -0.2) is 5.21 Å². The topological polar surface area (TPSA) is 23.5 Å². The molecule has 0 aromatic rings. The van der Waals surface area contributed by atoms with Crippen molar-refractivity contribution < 1.29 is 9.85 Å². The minimum atomic E-state index is 0.223. The summed E-state index contributed by atoms with van der Waals surface area (Å²) >= 11 is 0. The van der Waals surface area contributed by atoms with Gasteiger partial charge in [0.15, 0.2) is 6.17 Å². The molecule has 64 valence electrons. The van der Waals surface area contributed by atoms with E-state index in [1.807, 2.05) is 7.05 Å². The lowest BCUT2D eigenvalue weighted by molar-refractivity contribution is -1.12. The number of quaternary nitrogens is 1. The summed E-state index contributed by atoms with van der Waals surface area (Å²) in [4.78, 5) is 2.29. The van der Waals surface area contributed by atoms with Crippen molar-refractivity contribution in [2.75, 3.05) is 27.2 Å². The molecular formula is C8H17N2O+. The predicted octanol–water partition coefficient (Wildman–Crippen LogP) is 0.504. The molecule has 3 nitrogen and oxygen atoms in total. The van der Waals surface area contributed by atoms with Crippen molar-refractivity contribution in [2.45, 2.75) is 19.0 Å². The zero-order valence-corrected chi connectivity index (χ0v) is 7.32. The van der Waals surface area contributed by atoms with Gasteiger partial charge in [-0.05, 0) is 13.5 Å². The van der Waals surface area contributed by atoms with Crippen LogP contribution in [0, 0.1) is 5.92 Å². The van der Waals surface area contributed by atoms with E-state index in [-0.39, 0.29) is 4.65 Å². The molecule has 3 heteroatoms. The monoisotopic (exact) mass is 157 g/mol. The zero-order chi connectivity index (χ0) is 8.06. The van der Waals surface area contributed by atoms with Gasteiger partial charge in [0.05, 0.1) is 7.05 Å². The zero-order valence-electron chi connectivity index (χ0n) is 7.32. The second kappa shape index (κ2) is 2.19. The fourth-order valence-corrected chi connectivity index (χ4v) is 2.72. The first-order valence-electron chi connectivity index (χ1n) is 4.38. The molecule has 0 saturated carbocycles. The minimum absolute atomic E-state index is 0.223. The Hall–Kier alpha value is -0.120. The summed E-state index contributed by atoms with van der Waals surface area (Å²) in [6.45, 7) is 2.13. The number of nitrogens with zero attached hydrogens (tertiary/aromatic N) is 2. The van der Waals surface area contributed by atoms with E-state index in [1.54, 1.807) is 0 Å². The first kappa shape index (κ1) is 7.53. The molecule has 0 amide bonds. The quantitative estimate of drug-likeness (QED) is 0.518. The van der Waals surface area contributed by atoms with E-state index < -0.39 is 0 Å². The molecule has 3 rings (SSSR count). The maximum absolute atomic E-state index is 9.93. The number of hydrogen-bond acceptors (Lipinski definition) is 2.